The number of allylic oxidation sites excluding steroid dienone is 1. The summed E-state index contributed by atoms with van der Waals surface area (Å²) in [4.78, 5) is 3.87. The van der Waals surface area contributed by atoms with E-state index in [1.165, 1.54) is 6.20 Å². The van der Waals surface area contributed by atoms with E-state index in [2.05, 4.69) is 11.6 Å². The van der Waals surface area contributed by atoms with Crippen LogP contribution in [0, 0.1) is 0 Å². The molecule has 0 heterocycles. The summed E-state index contributed by atoms with van der Waals surface area (Å²) in [5, 5.41) is 0. The maximum Gasteiger partial charge on any atom is 0.0989 e. The van der Waals surface area contributed by atoms with E-state index in [1.807, 2.05) is 19.1 Å². The number of ether oxygens (including phenoxy) is 1. The quantitative estimate of drug-likeness (QED) is 0.387. The van der Waals surface area contributed by atoms with Crippen molar-refractivity contribution in [2.75, 3.05) is 7.11 Å². The highest BCUT2D eigenvalue weighted by Crippen LogP contribution is 2.02. The van der Waals surface area contributed by atoms with Gasteiger partial charge in [0.15, 0.2) is 0 Å². The lowest BCUT2D eigenvalue weighted by atomic mass is 10.2. The van der Waals surface area contributed by atoms with Crippen LogP contribution in [0.25, 0.3) is 0 Å². The number of hydrogen-bond acceptors (Lipinski definition) is 2. The molecule has 1 atom stereocenters. The lowest BCUT2D eigenvalue weighted by molar-refractivity contribution is 0.135. The lowest BCUT2D eigenvalue weighted by Gasteiger charge is -2.09. The Morgan fingerprint density at radius 2 is 2.38 bits per heavy atom. The molecule has 13 heavy (non-hydrogen) atoms. The van der Waals surface area contributed by atoms with Gasteiger partial charge in [0.25, 0.3) is 0 Å². The number of nitrogens with zero attached hydrogens (tertiary/aromatic N) is 1. The zero-order chi connectivity index (χ0) is 10.1. The number of aliphatic imine (C=N–C) groups is 1. The van der Waals surface area contributed by atoms with Gasteiger partial charge in [-0.3, -0.25) is 0 Å². The molecule has 0 spiro atoms. The van der Waals surface area contributed by atoms with Crippen molar-refractivity contribution in [1.82, 2.24) is 0 Å². The van der Waals surface area contributed by atoms with Gasteiger partial charge in [-0.15, -0.1) is 0 Å². The van der Waals surface area contributed by atoms with Crippen LogP contribution in [0.4, 0.5) is 0 Å². The highest BCUT2D eigenvalue weighted by atomic mass is 16.5. The van der Waals surface area contributed by atoms with Gasteiger partial charge in [-0.25, -0.2) is 4.99 Å². The molecule has 0 aliphatic carbocycles. The fourth-order valence-corrected chi connectivity index (χ4v) is 0.979. The molecule has 0 aromatic rings. The normalized spacial score (nSPS) is 14.8. The Morgan fingerprint density at radius 1 is 1.69 bits per heavy atom. The minimum Gasteiger partial charge on any atom is -0.387 e. The largest absolute Gasteiger partial charge is 0.387 e. The molecule has 0 amide bonds. The van der Waals surface area contributed by atoms with Gasteiger partial charge in [0.1, 0.15) is 0 Å². The van der Waals surface area contributed by atoms with Crippen LogP contribution in [0.15, 0.2) is 29.9 Å². The molecular formula is C10H18N2O. The summed E-state index contributed by atoms with van der Waals surface area (Å²) in [5.74, 6) is 0.599. The number of methoxy groups -OCH3 is 1. The minimum absolute atomic E-state index is 0.128. The van der Waals surface area contributed by atoms with Gasteiger partial charge < -0.3 is 10.5 Å². The van der Waals surface area contributed by atoms with Crippen LogP contribution < -0.4 is 5.73 Å². The molecule has 0 aromatic heterocycles. The lowest BCUT2D eigenvalue weighted by Crippen LogP contribution is -2.15. The van der Waals surface area contributed by atoms with Crippen molar-refractivity contribution in [3.8, 4) is 0 Å². The third-order valence-corrected chi connectivity index (χ3v) is 1.65. The topological polar surface area (TPSA) is 47.6 Å². The van der Waals surface area contributed by atoms with Crippen LogP contribution in [-0.2, 0) is 4.74 Å². The van der Waals surface area contributed by atoms with Crippen molar-refractivity contribution in [3.63, 3.8) is 0 Å². The Kier molecular flexibility index (Phi) is 6.92. The summed E-state index contributed by atoms with van der Waals surface area (Å²) in [6, 6.07) is 0. The van der Waals surface area contributed by atoms with Crippen molar-refractivity contribution >= 4 is 5.84 Å². The fraction of sp³-hybridized carbons (Fsp3) is 0.500. The summed E-state index contributed by atoms with van der Waals surface area (Å²) >= 11 is 0. The van der Waals surface area contributed by atoms with Crippen molar-refractivity contribution in [3.05, 3.63) is 24.9 Å². The summed E-state index contributed by atoms with van der Waals surface area (Å²) < 4.78 is 5.20. The molecule has 1 unspecified atom stereocenters. The Labute approximate surface area is 80.0 Å². The zero-order valence-electron chi connectivity index (χ0n) is 8.36. The second kappa shape index (κ2) is 7.55. The van der Waals surface area contributed by atoms with Gasteiger partial charge in [-0.05, 0) is 13.3 Å². The van der Waals surface area contributed by atoms with E-state index in [9.17, 15) is 0 Å². The minimum atomic E-state index is 0.128. The molecule has 0 saturated heterocycles. The van der Waals surface area contributed by atoms with E-state index >= 15 is 0 Å². The third-order valence-electron chi connectivity index (χ3n) is 1.65. The molecule has 0 radical (unpaired) electrons. The Bertz CT molecular complexity index is 197. The average Bonchev–Trinajstić information content (AvgIpc) is 2.12. The predicted octanol–water partition coefficient (Wildman–Crippen LogP) is 1.86. The van der Waals surface area contributed by atoms with Gasteiger partial charge in [0.05, 0.1) is 11.9 Å². The number of nitrogens with two attached hydrogens (primary N) is 1. The number of hydrogen-bond donors (Lipinski definition) is 1. The highest BCUT2D eigenvalue weighted by molar-refractivity contribution is 5.80. The van der Waals surface area contributed by atoms with Crippen molar-refractivity contribution in [2.24, 2.45) is 10.7 Å². The van der Waals surface area contributed by atoms with Gasteiger partial charge in [-0.2, -0.15) is 0 Å². The number of rotatable bonds is 6. The molecule has 0 rings (SSSR count). The van der Waals surface area contributed by atoms with E-state index in [4.69, 9.17) is 10.5 Å². The second-order valence-electron chi connectivity index (χ2n) is 2.64. The fourth-order valence-electron chi connectivity index (χ4n) is 0.979. The first-order chi connectivity index (χ1) is 6.24. The molecule has 0 saturated carbocycles. The van der Waals surface area contributed by atoms with Crippen LogP contribution in [0.2, 0.25) is 0 Å². The predicted molar refractivity (Wildman–Crippen MR) is 56.7 cm³/mol. The average molecular weight is 182 g/mol. The van der Waals surface area contributed by atoms with Crippen LogP contribution in [0.1, 0.15) is 19.8 Å². The van der Waals surface area contributed by atoms with Crippen molar-refractivity contribution < 1.29 is 4.74 Å². The van der Waals surface area contributed by atoms with Crippen LogP contribution in [-0.4, -0.2) is 19.0 Å². The molecule has 0 aromatic carbocycles. The molecule has 3 heteroatoms. The van der Waals surface area contributed by atoms with Gasteiger partial charge in [0.2, 0.25) is 0 Å². The van der Waals surface area contributed by atoms with E-state index < -0.39 is 0 Å². The third kappa shape index (κ3) is 6.11. The summed E-state index contributed by atoms with van der Waals surface area (Å²) in [6.45, 7) is 5.44. The van der Waals surface area contributed by atoms with Gasteiger partial charge in [0, 0.05) is 19.7 Å². The van der Waals surface area contributed by atoms with Gasteiger partial charge >= 0.3 is 0 Å². The van der Waals surface area contributed by atoms with Gasteiger partial charge in [-0.1, -0.05) is 18.7 Å². The SMILES string of the molecule is C=CN=C(N)CCC(/C=C\C)OC. The molecule has 74 valence electrons. The van der Waals surface area contributed by atoms with Crippen molar-refractivity contribution in [1.29, 1.82) is 0 Å². The molecule has 2 N–H and O–H groups in total. The standard InChI is InChI=1S/C10H18N2O/c1-4-6-9(13-3)7-8-10(11)12-5-2/h4-6,9H,2,7-8H2,1,3H3,(H2,11,12)/b6-4-. The molecule has 0 aliphatic rings. The molecule has 0 bridgehead atoms. The molecule has 3 nitrogen and oxygen atoms in total. The first kappa shape index (κ1) is 11.9. The Balaban J connectivity index is 3.84. The first-order valence-corrected chi connectivity index (χ1v) is 4.33. The zero-order valence-corrected chi connectivity index (χ0v) is 8.36. The first-order valence-electron chi connectivity index (χ1n) is 4.33. The van der Waals surface area contributed by atoms with E-state index in [-0.39, 0.29) is 6.10 Å². The summed E-state index contributed by atoms with van der Waals surface area (Å²) in [5.41, 5.74) is 5.58. The molecular weight excluding hydrogens is 164 g/mol. The van der Waals surface area contributed by atoms with E-state index in [0.29, 0.717) is 5.84 Å². The van der Waals surface area contributed by atoms with Crippen LogP contribution in [0.5, 0.6) is 0 Å². The van der Waals surface area contributed by atoms with Crippen LogP contribution >= 0.6 is 0 Å². The van der Waals surface area contributed by atoms with E-state index in [0.717, 1.165) is 12.8 Å². The molecule has 0 fully saturated rings. The maximum absolute atomic E-state index is 5.58. The van der Waals surface area contributed by atoms with Crippen LogP contribution in [0.3, 0.4) is 0 Å². The number of amidine groups is 1. The maximum atomic E-state index is 5.58. The Hall–Kier alpha value is -1.09. The Morgan fingerprint density at radius 3 is 2.85 bits per heavy atom. The smallest absolute Gasteiger partial charge is 0.0989 e. The summed E-state index contributed by atoms with van der Waals surface area (Å²) in [7, 11) is 1.69. The van der Waals surface area contributed by atoms with Crippen molar-refractivity contribution in [2.45, 2.75) is 25.9 Å². The second-order valence-corrected chi connectivity index (χ2v) is 2.64. The highest BCUT2D eigenvalue weighted by Gasteiger charge is 2.02. The monoisotopic (exact) mass is 182 g/mol. The molecule has 0 aliphatic heterocycles. The summed E-state index contributed by atoms with van der Waals surface area (Å²) in [6.07, 6.45) is 7.13. The van der Waals surface area contributed by atoms with E-state index in [1.54, 1.807) is 7.11 Å².